The van der Waals surface area contributed by atoms with E-state index in [-0.39, 0.29) is 0 Å². The van der Waals surface area contributed by atoms with Gasteiger partial charge in [0.05, 0.1) is 17.3 Å². The van der Waals surface area contributed by atoms with Crippen LogP contribution in [0, 0.1) is 18.3 Å². The van der Waals surface area contributed by atoms with Crippen LogP contribution in [-0.2, 0) is 0 Å². The fraction of sp³-hybridized carbons (Fsp3) is 0.0667. The highest BCUT2D eigenvalue weighted by Crippen LogP contribution is 2.20. The first-order chi connectivity index (χ1) is 8.76. The van der Waals surface area contributed by atoms with E-state index in [1.165, 1.54) is 5.56 Å². The highest BCUT2D eigenvalue weighted by atomic mass is 15.0. The SMILES string of the molecule is Cc1ccn2cc(-c3ccc(C#N)cc3)nc2c1. The number of imidazole rings is 1. The third-order valence-corrected chi connectivity index (χ3v) is 2.93. The molecule has 0 N–H and O–H groups in total. The summed E-state index contributed by atoms with van der Waals surface area (Å²) in [6.45, 7) is 2.05. The quantitative estimate of drug-likeness (QED) is 0.647. The summed E-state index contributed by atoms with van der Waals surface area (Å²) in [6, 6.07) is 13.7. The Morgan fingerprint density at radius 3 is 2.67 bits per heavy atom. The largest absolute Gasteiger partial charge is 0.306 e. The molecular weight excluding hydrogens is 222 g/mol. The fourth-order valence-electron chi connectivity index (χ4n) is 1.94. The number of nitriles is 1. The number of hydrogen-bond acceptors (Lipinski definition) is 2. The molecule has 0 saturated heterocycles. The van der Waals surface area contributed by atoms with Gasteiger partial charge < -0.3 is 4.40 Å². The van der Waals surface area contributed by atoms with Crippen LogP contribution in [0.5, 0.6) is 0 Å². The second kappa shape index (κ2) is 4.01. The molecule has 18 heavy (non-hydrogen) atoms. The molecule has 0 unspecified atom stereocenters. The van der Waals surface area contributed by atoms with Crippen molar-refractivity contribution in [1.29, 1.82) is 5.26 Å². The monoisotopic (exact) mass is 233 g/mol. The highest BCUT2D eigenvalue weighted by Gasteiger charge is 2.04. The molecule has 1 aromatic carbocycles. The first-order valence-electron chi connectivity index (χ1n) is 5.72. The Morgan fingerprint density at radius 2 is 1.94 bits per heavy atom. The van der Waals surface area contributed by atoms with Crippen molar-refractivity contribution in [3.05, 3.63) is 59.9 Å². The number of aromatic nitrogens is 2. The maximum Gasteiger partial charge on any atom is 0.137 e. The van der Waals surface area contributed by atoms with Gasteiger partial charge in [0, 0.05) is 18.0 Å². The highest BCUT2D eigenvalue weighted by molar-refractivity contribution is 5.63. The zero-order valence-electron chi connectivity index (χ0n) is 9.96. The first-order valence-corrected chi connectivity index (χ1v) is 5.72. The van der Waals surface area contributed by atoms with Crippen LogP contribution in [-0.4, -0.2) is 9.38 Å². The Balaban J connectivity index is 2.10. The van der Waals surface area contributed by atoms with E-state index >= 15 is 0 Å². The van der Waals surface area contributed by atoms with Crippen LogP contribution >= 0.6 is 0 Å². The van der Waals surface area contributed by atoms with Crippen molar-refractivity contribution in [3.8, 4) is 17.3 Å². The maximum absolute atomic E-state index is 8.77. The van der Waals surface area contributed by atoms with Crippen LogP contribution < -0.4 is 0 Å². The summed E-state index contributed by atoms with van der Waals surface area (Å²) in [5.74, 6) is 0. The average molecular weight is 233 g/mol. The van der Waals surface area contributed by atoms with Crippen LogP contribution in [0.15, 0.2) is 48.8 Å². The number of pyridine rings is 1. The number of nitrogens with zero attached hydrogens (tertiary/aromatic N) is 3. The molecule has 0 amide bonds. The average Bonchev–Trinajstić information content (AvgIpc) is 2.81. The van der Waals surface area contributed by atoms with Gasteiger partial charge in [0.1, 0.15) is 5.65 Å². The fourth-order valence-corrected chi connectivity index (χ4v) is 1.94. The van der Waals surface area contributed by atoms with Gasteiger partial charge in [0.2, 0.25) is 0 Å². The molecule has 0 saturated carbocycles. The molecule has 3 heteroatoms. The number of benzene rings is 1. The maximum atomic E-state index is 8.77. The molecule has 0 fully saturated rings. The Hall–Kier alpha value is -2.60. The van der Waals surface area contributed by atoms with E-state index in [2.05, 4.69) is 24.0 Å². The zero-order chi connectivity index (χ0) is 12.5. The minimum Gasteiger partial charge on any atom is -0.306 e. The summed E-state index contributed by atoms with van der Waals surface area (Å²) >= 11 is 0. The van der Waals surface area contributed by atoms with E-state index in [4.69, 9.17) is 5.26 Å². The van der Waals surface area contributed by atoms with Gasteiger partial charge >= 0.3 is 0 Å². The van der Waals surface area contributed by atoms with Gasteiger partial charge in [-0.25, -0.2) is 4.98 Å². The second-order valence-corrected chi connectivity index (χ2v) is 4.28. The number of aryl methyl sites for hydroxylation is 1. The summed E-state index contributed by atoms with van der Waals surface area (Å²) in [5.41, 5.74) is 4.74. The summed E-state index contributed by atoms with van der Waals surface area (Å²) in [6.07, 6.45) is 4.00. The van der Waals surface area contributed by atoms with Crippen molar-refractivity contribution in [2.24, 2.45) is 0 Å². The van der Waals surface area contributed by atoms with Gasteiger partial charge in [0.25, 0.3) is 0 Å². The Kier molecular flexibility index (Phi) is 2.35. The van der Waals surface area contributed by atoms with Crippen molar-refractivity contribution in [1.82, 2.24) is 9.38 Å². The predicted octanol–water partition coefficient (Wildman–Crippen LogP) is 3.18. The van der Waals surface area contributed by atoms with E-state index in [0.717, 1.165) is 16.9 Å². The lowest BCUT2D eigenvalue weighted by Crippen LogP contribution is -1.81. The molecule has 0 radical (unpaired) electrons. The minimum absolute atomic E-state index is 0.665. The summed E-state index contributed by atoms with van der Waals surface area (Å²) < 4.78 is 2.00. The second-order valence-electron chi connectivity index (χ2n) is 4.28. The van der Waals surface area contributed by atoms with Gasteiger partial charge in [-0.05, 0) is 36.8 Å². The lowest BCUT2D eigenvalue weighted by molar-refractivity contribution is 1.17. The van der Waals surface area contributed by atoms with Crippen LogP contribution in [0.4, 0.5) is 0 Å². The van der Waals surface area contributed by atoms with Crippen molar-refractivity contribution in [2.75, 3.05) is 0 Å². The molecule has 3 rings (SSSR count). The van der Waals surface area contributed by atoms with Gasteiger partial charge in [-0.1, -0.05) is 12.1 Å². The molecule has 0 spiro atoms. The normalized spacial score (nSPS) is 10.4. The predicted molar refractivity (Wildman–Crippen MR) is 70.1 cm³/mol. The van der Waals surface area contributed by atoms with Gasteiger partial charge in [-0.15, -0.1) is 0 Å². The summed E-state index contributed by atoms with van der Waals surface area (Å²) in [7, 11) is 0. The van der Waals surface area contributed by atoms with Gasteiger partial charge in [-0.3, -0.25) is 0 Å². The number of fused-ring (bicyclic) bond motifs is 1. The molecule has 2 heterocycles. The molecule has 0 bridgehead atoms. The smallest absolute Gasteiger partial charge is 0.137 e. The summed E-state index contributed by atoms with van der Waals surface area (Å²) in [4.78, 5) is 4.58. The lowest BCUT2D eigenvalue weighted by atomic mass is 10.1. The Morgan fingerprint density at radius 1 is 1.17 bits per heavy atom. The van der Waals surface area contributed by atoms with E-state index < -0.39 is 0 Å². The molecule has 0 aliphatic rings. The van der Waals surface area contributed by atoms with Crippen molar-refractivity contribution in [2.45, 2.75) is 6.92 Å². The van der Waals surface area contributed by atoms with Gasteiger partial charge in [-0.2, -0.15) is 5.26 Å². The first kappa shape index (κ1) is 10.5. The lowest BCUT2D eigenvalue weighted by Gasteiger charge is -1.94. The van der Waals surface area contributed by atoms with Crippen LogP contribution in [0.1, 0.15) is 11.1 Å². The molecule has 0 aliphatic carbocycles. The van der Waals surface area contributed by atoms with Crippen molar-refractivity contribution < 1.29 is 0 Å². The molecule has 0 atom stereocenters. The zero-order valence-corrected chi connectivity index (χ0v) is 9.96. The molecular formula is C15H11N3. The number of rotatable bonds is 1. The molecule has 0 aliphatic heterocycles. The molecule has 3 nitrogen and oxygen atoms in total. The van der Waals surface area contributed by atoms with Gasteiger partial charge in [0.15, 0.2) is 0 Å². The Labute approximate surface area is 105 Å². The van der Waals surface area contributed by atoms with Crippen LogP contribution in [0.25, 0.3) is 16.9 Å². The third kappa shape index (κ3) is 1.74. The standard InChI is InChI=1S/C15H11N3/c1-11-6-7-18-10-14(17-15(18)8-11)13-4-2-12(9-16)3-5-13/h2-8,10H,1H3. The number of hydrogen-bond donors (Lipinski definition) is 0. The molecule has 2 aromatic heterocycles. The molecule has 3 aromatic rings. The Bertz CT molecular complexity index is 745. The molecule has 86 valence electrons. The topological polar surface area (TPSA) is 41.1 Å². The summed E-state index contributed by atoms with van der Waals surface area (Å²) in [5, 5.41) is 8.77. The van der Waals surface area contributed by atoms with E-state index in [1.54, 1.807) is 0 Å². The van der Waals surface area contributed by atoms with Crippen molar-refractivity contribution >= 4 is 5.65 Å². The van der Waals surface area contributed by atoms with Crippen molar-refractivity contribution in [3.63, 3.8) is 0 Å². The van der Waals surface area contributed by atoms with Crippen LogP contribution in [0.2, 0.25) is 0 Å². The van der Waals surface area contributed by atoms with E-state index in [0.29, 0.717) is 5.56 Å². The minimum atomic E-state index is 0.665. The van der Waals surface area contributed by atoms with E-state index in [1.807, 2.05) is 47.1 Å². The third-order valence-electron chi connectivity index (χ3n) is 2.93. The van der Waals surface area contributed by atoms with Crippen LogP contribution in [0.3, 0.4) is 0 Å². The van der Waals surface area contributed by atoms with E-state index in [9.17, 15) is 0 Å².